The zero-order valence-electron chi connectivity index (χ0n) is 9.56. The molecule has 0 bridgehead atoms. The van der Waals surface area contributed by atoms with Crippen molar-refractivity contribution in [2.75, 3.05) is 0 Å². The molecule has 2 aromatic rings. The number of halogens is 1. The molecular weight excluding hydrogens is 255 g/mol. The SMILES string of the molecule is O=S(=O)(Cc1ccc(F)cc1)NCc1ccc[nH]1. The van der Waals surface area contributed by atoms with Crippen molar-refractivity contribution in [3.63, 3.8) is 0 Å². The van der Waals surface area contributed by atoms with E-state index in [1.165, 1.54) is 24.3 Å². The molecule has 0 amide bonds. The summed E-state index contributed by atoms with van der Waals surface area (Å²) in [6.45, 7) is 0.219. The van der Waals surface area contributed by atoms with E-state index in [-0.39, 0.29) is 18.1 Å². The van der Waals surface area contributed by atoms with Gasteiger partial charge in [-0.25, -0.2) is 17.5 Å². The lowest BCUT2D eigenvalue weighted by Crippen LogP contribution is -2.24. The molecule has 96 valence electrons. The maximum absolute atomic E-state index is 12.7. The van der Waals surface area contributed by atoms with Gasteiger partial charge < -0.3 is 4.98 Å². The predicted octanol–water partition coefficient (Wildman–Crippen LogP) is 1.77. The number of aromatic nitrogens is 1. The number of H-pyrrole nitrogens is 1. The van der Waals surface area contributed by atoms with Crippen LogP contribution in [0.1, 0.15) is 11.3 Å². The van der Waals surface area contributed by atoms with E-state index in [0.717, 1.165) is 5.69 Å². The Balaban J connectivity index is 1.97. The monoisotopic (exact) mass is 268 g/mol. The minimum atomic E-state index is -3.42. The Hall–Kier alpha value is -1.66. The third-order valence-corrected chi connectivity index (χ3v) is 3.71. The first-order valence-corrected chi connectivity index (χ1v) is 7.04. The van der Waals surface area contributed by atoms with Crippen molar-refractivity contribution in [3.05, 3.63) is 59.7 Å². The highest BCUT2D eigenvalue weighted by atomic mass is 32.2. The maximum atomic E-state index is 12.7. The molecule has 0 radical (unpaired) electrons. The summed E-state index contributed by atoms with van der Waals surface area (Å²) in [4.78, 5) is 2.90. The largest absolute Gasteiger partial charge is 0.364 e. The molecule has 0 aliphatic rings. The van der Waals surface area contributed by atoms with E-state index < -0.39 is 10.0 Å². The van der Waals surface area contributed by atoms with Crippen molar-refractivity contribution in [3.8, 4) is 0 Å². The molecule has 0 saturated heterocycles. The van der Waals surface area contributed by atoms with E-state index in [1.54, 1.807) is 18.3 Å². The fourth-order valence-corrected chi connectivity index (χ4v) is 2.63. The van der Waals surface area contributed by atoms with Gasteiger partial charge in [-0.2, -0.15) is 0 Å². The average Bonchev–Trinajstić information content (AvgIpc) is 2.83. The third-order valence-electron chi connectivity index (χ3n) is 2.41. The quantitative estimate of drug-likeness (QED) is 0.868. The van der Waals surface area contributed by atoms with E-state index in [1.807, 2.05) is 0 Å². The molecule has 0 atom stereocenters. The molecule has 0 aliphatic heterocycles. The van der Waals surface area contributed by atoms with Crippen LogP contribution in [0.25, 0.3) is 0 Å². The van der Waals surface area contributed by atoms with E-state index in [2.05, 4.69) is 9.71 Å². The molecule has 4 nitrogen and oxygen atoms in total. The number of rotatable bonds is 5. The number of benzene rings is 1. The summed E-state index contributed by atoms with van der Waals surface area (Å²) < 4.78 is 38.7. The topological polar surface area (TPSA) is 62.0 Å². The highest BCUT2D eigenvalue weighted by Crippen LogP contribution is 2.07. The van der Waals surface area contributed by atoms with Crippen molar-refractivity contribution in [1.82, 2.24) is 9.71 Å². The smallest absolute Gasteiger partial charge is 0.216 e. The summed E-state index contributed by atoms with van der Waals surface area (Å²) in [7, 11) is -3.42. The first kappa shape index (κ1) is 12.8. The molecule has 2 N–H and O–H groups in total. The Morgan fingerprint density at radius 1 is 1.17 bits per heavy atom. The van der Waals surface area contributed by atoms with Crippen LogP contribution in [0.3, 0.4) is 0 Å². The van der Waals surface area contributed by atoms with Crippen molar-refractivity contribution >= 4 is 10.0 Å². The molecular formula is C12H13FN2O2S. The maximum Gasteiger partial charge on any atom is 0.216 e. The lowest BCUT2D eigenvalue weighted by atomic mass is 10.2. The van der Waals surface area contributed by atoms with E-state index >= 15 is 0 Å². The normalized spacial score (nSPS) is 11.6. The Bertz CT molecular complexity index is 592. The van der Waals surface area contributed by atoms with Crippen molar-refractivity contribution in [2.45, 2.75) is 12.3 Å². The second-order valence-corrected chi connectivity index (χ2v) is 5.71. The fourth-order valence-electron chi connectivity index (χ4n) is 1.52. The van der Waals surface area contributed by atoms with Crippen LogP contribution in [0.5, 0.6) is 0 Å². The second kappa shape index (κ2) is 5.32. The number of nitrogens with one attached hydrogen (secondary N) is 2. The highest BCUT2D eigenvalue weighted by Gasteiger charge is 2.11. The van der Waals surface area contributed by atoms with Crippen molar-refractivity contribution < 1.29 is 12.8 Å². The standard InChI is InChI=1S/C12H13FN2O2S/c13-11-5-3-10(4-6-11)9-18(16,17)15-8-12-2-1-7-14-12/h1-7,14-15H,8-9H2. The molecule has 2 rings (SSSR count). The second-order valence-electron chi connectivity index (χ2n) is 3.90. The van der Waals surface area contributed by atoms with Gasteiger partial charge in [0, 0.05) is 11.9 Å². The molecule has 0 fully saturated rings. The van der Waals surface area contributed by atoms with Gasteiger partial charge in [-0.15, -0.1) is 0 Å². The number of hydrogen-bond acceptors (Lipinski definition) is 2. The lowest BCUT2D eigenvalue weighted by molar-refractivity contribution is 0.579. The molecule has 0 aliphatic carbocycles. The Labute approximate surface area is 105 Å². The van der Waals surface area contributed by atoms with Crippen LogP contribution in [0.4, 0.5) is 4.39 Å². The van der Waals surface area contributed by atoms with Crippen LogP contribution >= 0.6 is 0 Å². The fraction of sp³-hybridized carbons (Fsp3) is 0.167. The Kier molecular flexibility index (Phi) is 3.78. The molecule has 1 aromatic carbocycles. The van der Waals surface area contributed by atoms with Crippen LogP contribution in [-0.2, 0) is 22.3 Å². The van der Waals surface area contributed by atoms with E-state index in [9.17, 15) is 12.8 Å². The Morgan fingerprint density at radius 3 is 2.50 bits per heavy atom. The van der Waals surface area contributed by atoms with Crippen molar-refractivity contribution in [1.29, 1.82) is 0 Å². The van der Waals surface area contributed by atoms with Gasteiger partial charge in [0.15, 0.2) is 0 Å². The molecule has 0 spiro atoms. The van der Waals surface area contributed by atoms with Crippen LogP contribution in [0, 0.1) is 5.82 Å². The zero-order valence-corrected chi connectivity index (χ0v) is 10.4. The van der Waals surface area contributed by atoms with E-state index in [0.29, 0.717) is 5.56 Å². The summed E-state index contributed by atoms with van der Waals surface area (Å²) in [5, 5.41) is 0. The predicted molar refractivity (Wildman–Crippen MR) is 66.7 cm³/mol. The molecule has 0 unspecified atom stereocenters. The zero-order chi connectivity index (χ0) is 13.0. The van der Waals surface area contributed by atoms with Gasteiger partial charge >= 0.3 is 0 Å². The lowest BCUT2D eigenvalue weighted by Gasteiger charge is -2.05. The first-order valence-electron chi connectivity index (χ1n) is 5.39. The summed E-state index contributed by atoms with van der Waals surface area (Å²) >= 11 is 0. The van der Waals surface area contributed by atoms with Crippen LogP contribution in [-0.4, -0.2) is 13.4 Å². The Morgan fingerprint density at radius 2 is 1.89 bits per heavy atom. The number of sulfonamides is 1. The number of hydrogen-bond donors (Lipinski definition) is 2. The van der Waals surface area contributed by atoms with Gasteiger partial charge in [0.1, 0.15) is 5.82 Å². The molecule has 1 heterocycles. The molecule has 1 aromatic heterocycles. The van der Waals surface area contributed by atoms with Gasteiger partial charge in [-0.3, -0.25) is 0 Å². The van der Waals surface area contributed by atoms with Crippen LogP contribution in [0.15, 0.2) is 42.6 Å². The van der Waals surface area contributed by atoms with Crippen molar-refractivity contribution in [2.24, 2.45) is 0 Å². The van der Waals surface area contributed by atoms with Crippen LogP contribution < -0.4 is 4.72 Å². The molecule has 18 heavy (non-hydrogen) atoms. The summed E-state index contributed by atoms with van der Waals surface area (Å²) in [6.07, 6.45) is 1.73. The molecule has 6 heteroatoms. The third kappa shape index (κ3) is 3.68. The van der Waals surface area contributed by atoms with Gasteiger partial charge in [0.2, 0.25) is 10.0 Å². The molecule has 0 saturated carbocycles. The summed E-state index contributed by atoms with van der Waals surface area (Å²) in [5.41, 5.74) is 1.34. The average molecular weight is 268 g/mol. The van der Waals surface area contributed by atoms with Gasteiger partial charge in [-0.1, -0.05) is 12.1 Å². The van der Waals surface area contributed by atoms with Gasteiger partial charge in [0.25, 0.3) is 0 Å². The first-order chi connectivity index (χ1) is 8.55. The van der Waals surface area contributed by atoms with E-state index in [4.69, 9.17) is 0 Å². The minimum absolute atomic E-state index is 0.159. The number of aromatic amines is 1. The van der Waals surface area contributed by atoms with Crippen LogP contribution in [0.2, 0.25) is 0 Å². The highest BCUT2D eigenvalue weighted by molar-refractivity contribution is 7.88. The summed E-state index contributed by atoms with van der Waals surface area (Å²) in [6, 6.07) is 9.00. The summed E-state index contributed by atoms with van der Waals surface area (Å²) in [5.74, 6) is -0.538. The van der Waals surface area contributed by atoms with Gasteiger partial charge in [-0.05, 0) is 29.8 Å². The minimum Gasteiger partial charge on any atom is -0.364 e. The van der Waals surface area contributed by atoms with Gasteiger partial charge in [0.05, 0.1) is 12.3 Å².